The highest BCUT2D eigenvalue weighted by Crippen LogP contribution is 2.04. The van der Waals surface area contributed by atoms with Gasteiger partial charge in [-0.2, -0.15) is 0 Å². The van der Waals surface area contributed by atoms with Crippen LogP contribution in [0.4, 0.5) is 4.79 Å². The summed E-state index contributed by atoms with van der Waals surface area (Å²) in [7, 11) is 0. The van der Waals surface area contributed by atoms with Crippen molar-refractivity contribution in [3.05, 3.63) is 0 Å². The predicted molar refractivity (Wildman–Crippen MR) is 53.1 cm³/mol. The highest BCUT2D eigenvalue weighted by Gasteiger charge is 2.20. The van der Waals surface area contributed by atoms with Crippen molar-refractivity contribution in [2.75, 3.05) is 6.54 Å². The zero-order valence-corrected chi connectivity index (χ0v) is 8.83. The molecule has 0 bridgehead atoms. The van der Waals surface area contributed by atoms with E-state index in [0.717, 1.165) is 0 Å². The van der Waals surface area contributed by atoms with Crippen LogP contribution in [0.2, 0.25) is 0 Å². The topological polar surface area (TPSA) is 78.4 Å². The first-order chi connectivity index (χ1) is 6.47. The average Bonchev–Trinajstić information content (AvgIpc) is 2.02. The van der Waals surface area contributed by atoms with Crippen molar-refractivity contribution < 1.29 is 14.7 Å². The second kappa shape index (κ2) is 6.23. The van der Waals surface area contributed by atoms with Crippen molar-refractivity contribution in [3.8, 4) is 0 Å². The Labute approximate surface area is 83.9 Å². The summed E-state index contributed by atoms with van der Waals surface area (Å²) < 4.78 is 0. The Morgan fingerprint density at radius 2 is 1.93 bits per heavy atom. The number of carbonyl (C=O) groups is 2. The van der Waals surface area contributed by atoms with Crippen molar-refractivity contribution in [1.29, 1.82) is 0 Å². The Balaban J connectivity index is 4.09. The van der Waals surface area contributed by atoms with Crippen LogP contribution in [0.5, 0.6) is 0 Å². The van der Waals surface area contributed by atoms with E-state index in [1.54, 1.807) is 6.92 Å². The molecule has 3 N–H and O–H groups in total. The maximum Gasteiger partial charge on any atom is 0.326 e. The number of nitrogens with one attached hydrogen (secondary N) is 2. The fourth-order valence-electron chi connectivity index (χ4n) is 1.06. The Bertz CT molecular complexity index is 204. The minimum atomic E-state index is -0.995. The second-order valence-electron chi connectivity index (χ2n) is 3.52. The lowest BCUT2D eigenvalue weighted by atomic mass is 10.0. The van der Waals surface area contributed by atoms with E-state index in [0.29, 0.717) is 13.0 Å². The number of carboxylic acid groups (broad SMARTS) is 1. The average molecular weight is 202 g/mol. The van der Waals surface area contributed by atoms with Crippen LogP contribution in [0.15, 0.2) is 0 Å². The molecule has 0 unspecified atom stereocenters. The number of hydrogen-bond donors (Lipinski definition) is 3. The number of aliphatic carboxylic acids is 1. The summed E-state index contributed by atoms with van der Waals surface area (Å²) in [6, 6.07) is -1.23. The second-order valence-corrected chi connectivity index (χ2v) is 3.52. The summed E-state index contributed by atoms with van der Waals surface area (Å²) >= 11 is 0. The minimum absolute atomic E-state index is 0.234. The van der Waals surface area contributed by atoms with E-state index >= 15 is 0 Å². The van der Waals surface area contributed by atoms with Crippen LogP contribution in [0.1, 0.15) is 27.2 Å². The van der Waals surface area contributed by atoms with Crippen LogP contribution in [-0.4, -0.2) is 29.7 Å². The number of urea groups is 1. The van der Waals surface area contributed by atoms with Crippen molar-refractivity contribution in [1.82, 2.24) is 10.6 Å². The number of hydrogen-bond acceptors (Lipinski definition) is 2. The summed E-state index contributed by atoms with van der Waals surface area (Å²) in [5.74, 6) is -0.761. The summed E-state index contributed by atoms with van der Waals surface area (Å²) in [4.78, 5) is 21.8. The minimum Gasteiger partial charge on any atom is -0.480 e. The van der Waals surface area contributed by atoms with Gasteiger partial charge in [0, 0.05) is 6.54 Å². The van der Waals surface area contributed by atoms with Gasteiger partial charge in [-0.25, -0.2) is 9.59 Å². The summed E-state index contributed by atoms with van der Waals surface area (Å²) in [6.07, 6.45) is 0.437. The smallest absolute Gasteiger partial charge is 0.326 e. The van der Waals surface area contributed by atoms with Gasteiger partial charge in [-0.05, 0) is 19.3 Å². The Morgan fingerprint density at radius 3 is 2.29 bits per heavy atom. The summed E-state index contributed by atoms with van der Waals surface area (Å²) in [6.45, 7) is 6.09. The molecule has 0 heterocycles. The van der Waals surface area contributed by atoms with Gasteiger partial charge in [-0.1, -0.05) is 13.8 Å². The zero-order valence-electron chi connectivity index (χ0n) is 8.83. The van der Waals surface area contributed by atoms with E-state index < -0.39 is 18.0 Å². The zero-order chi connectivity index (χ0) is 11.1. The molecule has 82 valence electrons. The molecule has 0 fully saturated rings. The van der Waals surface area contributed by atoms with Gasteiger partial charge in [0.1, 0.15) is 6.04 Å². The number of amides is 2. The van der Waals surface area contributed by atoms with Gasteiger partial charge < -0.3 is 15.7 Å². The van der Waals surface area contributed by atoms with Crippen molar-refractivity contribution in [2.45, 2.75) is 33.2 Å². The highest BCUT2D eigenvalue weighted by atomic mass is 16.4. The molecule has 0 aliphatic rings. The molecule has 0 aromatic rings. The molecule has 5 heteroatoms. The Hall–Kier alpha value is -1.26. The third-order valence-electron chi connectivity index (χ3n) is 1.65. The molecule has 0 saturated carbocycles. The number of carboxylic acids is 1. The lowest BCUT2D eigenvalue weighted by Gasteiger charge is -2.16. The van der Waals surface area contributed by atoms with Crippen LogP contribution in [0.25, 0.3) is 0 Å². The first-order valence-corrected chi connectivity index (χ1v) is 4.74. The van der Waals surface area contributed by atoms with Gasteiger partial charge in [-0.3, -0.25) is 0 Å². The molecule has 0 rings (SSSR count). The molecule has 0 radical (unpaired) electrons. The van der Waals surface area contributed by atoms with Crippen molar-refractivity contribution in [3.63, 3.8) is 0 Å². The summed E-state index contributed by atoms with van der Waals surface area (Å²) in [5, 5.41) is 13.7. The first kappa shape index (κ1) is 12.7. The lowest BCUT2D eigenvalue weighted by molar-refractivity contribution is -0.139. The van der Waals surface area contributed by atoms with E-state index in [4.69, 9.17) is 5.11 Å². The Kier molecular flexibility index (Phi) is 5.67. The van der Waals surface area contributed by atoms with Crippen molar-refractivity contribution in [2.24, 2.45) is 5.92 Å². The van der Waals surface area contributed by atoms with Gasteiger partial charge >= 0.3 is 12.0 Å². The number of rotatable bonds is 5. The van der Waals surface area contributed by atoms with Crippen LogP contribution in [-0.2, 0) is 4.79 Å². The molecule has 2 amide bonds. The molecule has 0 spiro atoms. The molecule has 0 aromatic carbocycles. The lowest BCUT2D eigenvalue weighted by Crippen LogP contribution is -2.46. The monoisotopic (exact) mass is 202 g/mol. The van der Waals surface area contributed by atoms with Crippen molar-refractivity contribution >= 4 is 12.0 Å². The van der Waals surface area contributed by atoms with Crippen LogP contribution >= 0.6 is 0 Å². The van der Waals surface area contributed by atoms with E-state index in [9.17, 15) is 9.59 Å². The molecule has 14 heavy (non-hydrogen) atoms. The van der Waals surface area contributed by atoms with Gasteiger partial charge in [0.05, 0.1) is 0 Å². The van der Waals surface area contributed by atoms with Gasteiger partial charge in [0.25, 0.3) is 0 Å². The van der Waals surface area contributed by atoms with Gasteiger partial charge in [0.15, 0.2) is 0 Å². The third kappa shape index (κ3) is 5.40. The van der Waals surface area contributed by atoms with Crippen LogP contribution < -0.4 is 10.6 Å². The van der Waals surface area contributed by atoms with E-state index in [1.807, 2.05) is 13.8 Å². The highest BCUT2D eigenvalue weighted by molar-refractivity contribution is 5.82. The van der Waals surface area contributed by atoms with Gasteiger partial charge in [-0.15, -0.1) is 0 Å². The molecule has 5 nitrogen and oxygen atoms in total. The Morgan fingerprint density at radius 1 is 1.36 bits per heavy atom. The first-order valence-electron chi connectivity index (χ1n) is 4.74. The largest absolute Gasteiger partial charge is 0.480 e. The molecular weight excluding hydrogens is 184 g/mol. The molecular formula is C9H18N2O3. The van der Waals surface area contributed by atoms with Crippen LogP contribution in [0, 0.1) is 5.92 Å². The van der Waals surface area contributed by atoms with Crippen LogP contribution in [0.3, 0.4) is 0 Å². The van der Waals surface area contributed by atoms with Gasteiger partial charge in [0.2, 0.25) is 0 Å². The number of carbonyl (C=O) groups excluding carboxylic acids is 1. The molecule has 0 aromatic heterocycles. The summed E-state index contributed by atoms with van der Waals surface area (Å²) in [5.41, 5.74) is 0. The maximum atomic E-state index is 11.1. The molecule has 0 aliphatic heterocycles. The molecule has 0 aliphatic carbocycles. The van der Waals surface area contributed by atoms with E-state index in [2.05, 4.69) is 10.6 Å². The normalized spacial score (nSPS) is 12.3. The fourth-order valence-corrected chi connectivity index (χ4v) is 1.06. The van der Waals surface area contributed by atoms with E-state index in [-0.39, 0.29) is 5.92 Å². The maximum absolute atomic E-state index is 11.1. The fraction of sp³-hybridized carbons (Fsp3) is 0.778. The van der Waals surface area contributed by atoms with E-state index in [1.165, 1.54) is 0 Å². The SMILES string of the molecule is CCNC(=O)N[C@H](CC(C)C)C(=O)O. The molecule has 0 saturated heterocycles. The quantitative estimate of drug-likeness (QED) is 0.617. The standard InChI is InChI=1S/C9H18N2O3/c1-4-10-9(14)11-7(8(12)13)5-6(2)3/h6-7H,4-5H2,1-3H3,(H,12,13)(H2,10,11,14)/t7-/m1/s1. The molecule has 1 atom stereocenters. The predicted octanol–water partition coefficient (Wildman–Crippen LogP) is 0.805. The third-order valence-corrected chi connectivity index (χ3v) is 1.65.